The number of carbonyl (C=O) groups excluding carboxylic acids is 2. The number of hydrogen-bond acceptors (Lipinski definition) is 4. The number of hydroxylamine groups is 2. The summed E-state index contributed by atoms with van der Waals surface area (Å²) in [4.78, 5) is 32.7. The molecule has 28 heavy (non-hydrogen) atoms. The zero-order chi connectivity index (χ0) is 19.7. The van der Waals surface area contributed by atoms with Gasteiger partial charge in [-0.05, 0) is 38.3 Å². The predicted octanol–water partition coefficient (Wildman–Crippen LogP) is 3.46. The fourth-order valence-corrected chi connectivity index (χ4v) is 4.12. The highest BCUT2D eigenvalue weighted by molar-refractivity contribution is 5.95. The lowest BCUT2D eigenvalue weighted by atomic mass is 9.85. The lowest BCUT2D eigenvalue weighted by molar-refractivity contribution is -0.222. The van der Waals surface area contributed by atoms with Crippen molar-refractivity contribution in [1.82, 2.24) is 9.96 Å². The molecule has 2 saturated heterocycles. The number of hydrogen-bond donors (Lipinski definition) is 0. The van der Waals surface area contributed by atoms with E-state index in [1.807, 2.05) is 0 Å². The Labute approximate surface area is 162 Å². The average Bonchev–Trinajstić information content (AvgIpc) is 3.25. The predicted molar refractivity (Wildman–Crippen MR) is 98.6 cm³/mol. The van der Waals surface area contributed by atoms with Crippen molar-refractivity contribution in [2.45, 2.75) is 44.8 Å². The van der Waals surface area contributed by atoms with Crippen LogP contribution in [0, 0.1) is 12.7 Å². The number of rotatable bonds is 4. The summed E-state index contributed by atoms with van der Waals surface area (Å²) in [6, 6.07) is 8.07. The summed E-state index contributed by atoms with van der Waals surface area (Å²) in [6.45, 7) is 2.86. The summed E-state index contributed by atoms with van der Waals surface area (Å²) in [7, 11) is 0. The molecule has 0 unspecified atom stereocenters. The maximum Gasteiger partial charge on any atom is 0.257 e. The number of nitrogens with zero attached hydrogens (tertiary/aromatic N) is 2. The molecular weight excluding hydrogens is 363 g/mol. The Balaban J connectivity index is 1.43. The van der Waals surface area contributed by atoms with E-state index >= 15 is 0 Å². The number of furan rings is 1. The lowest BCUT2D eigenvalue weighted by Gasteiger charge is -2.43. The van der Waals surface area contributed by atoms with Crippen molar-refractivity contribution in [2.24, 2.45) is 0 Å². The Morgan fingerprint density at radius 2 is 1.96 bits per heavy atom. The van der Waals surface area contributed by atoms with Gasteiger partial charge in [-0.1, -0.05) is 18.2 Å². The molecule has 148 valence electrons. The molecule has 1 aromatic carbocycles. The Morgan fingerprint density at radius 3 is 2.64 bits per heavy atom. The molecule has 0 saturated carbocycles. The second-order valence-electron chi connectivity index (χ2n) is 7.46. The van der Waals surface area contributed by atoms with Crippen LogP contribution in [0.1, 0.15) is 47.4 Å². The zero-order valence-corrected chi connectivity index (χ0v) is 15.8. The fourth-order valence-electron chi connectivity index (χ4n) is 4.12. The van der Waals surface area contributed by atoms with Crippen molar-refractivity contribution in [3.63, 3.8) is 0 Å². The Hall–Kier alpha value is -2.67. The molecule has 2 amide bonds. The van der Waals surface area contributed by atoms with E-state index in [0.29, 0.717) is 55.7 Å². The molecule has 2 aliphatic rings. The van der Waals surface area contributed by atoms with Crippen molar-refractivity contribution in [1.29, 1.82) is 0 Å². The normalized spacial score (nSPS) is 18.9. The second kappa shape index (κ2) is 7.39. The summed E-state index contributed by atoms with van der Waals surface area (Å²) < 4.78 is 19.1. The van der Waals surface area contributed by atoms with Crippen molar-refractivity contribution in [3.8, 4) is 0 Å². The first-order valence-electron chi connectivity index (χ1n) is 9.53. The van der Waals surface area contributed by atoms with Gasteiger partial charge in [-0.25, -0.2) is 9.45 Å². The van der Waals surface area contributed by atoms with Gasteiger partial charge in [0.2, 0.25) is 5.91 Å². The maximum atomic E-state index is 13.9. The number of halogens is 1. The van der Waals surface area contributed by atoms with E-state index in [-0.39, 0.29) is 24.2 Å². The molecule has 0 radical (unpaired) electrons. The average molecular weight is 386 g/mol. The van der Waals surface area contributed by atoms with E-state index in [4.69, 9.17) is 9.25 Å². The van der Waals surface area contributed by atoms with Gasteiger partial charge in [-0.2, -0.15) is 0 Å². The quantitative estimate of drug-likeness (QED) is 0.807. The monoisotopic (exact) mass is 386 g/mol. The number of likely N-dealkylation sites (tertiary alicyclic amines) is 1. The molecule has 1 spiro atoms. The van der Waals surface area contributed by atoms with E-state index in [9.17, 15) is 14.0 Å². The molecule has 0 N–H and O–H groups in total. The van der Waals surface area contributed by atoms with Gasteiger partial charge in [0.25, 0.3) is 5.91 Å². The van der Waals surface area contributed by atoms with Crippen LogP contribution < -0.4 is 0 Å². The van der Waals surface area contributed by atoms with Gasteiger partial charge >= 0.3 is 0 Å². The van der Waals surface area contributed by atoms with Crippen LogP contribution in [0.15, 0.2) is 41.0 Å². The SMILES string of the molecule is Cc1occc1C(=O)N1CCC2(CCC(=O)N2OCc2ccccc2F)CC1. The van der Waals surface area contributed by atoms with Gasteiger partial charge in [0.15, 0.2) is 0 Å². The Kier molecular flexibility index (Phi) is 4.93. The Morgan fingerprint density at radius 1 is 1.21 bits per heavy atom. The lowest BCUT2D eigenvalue weighted by Crippen LogP contribution is -2.54. The number of aryl methyl sites for hydroxylation is 1. The third kappa shape index (κ3) is 3.30. The smallest absolute Gasteiger partial charge is 0.257 e. The van der Waals surface area contributed by atoms with Crippen LogP contribution in [0.3, 0.4) is 0 Å². The number of carbonyl (C=O) groups is 2. The second-order valence-corrected chi connectivity index (χ2v) is 7.46. The number of amides is 2. The molecule has 1 aromatic heterocycles. The highest BCUT2D eigenvalue weighted by Gasteiger charge is 2.49. The van der Waals surface area contributed by atoms with Crippen LogP contribution in [-0.4, -0.2) is 40.4 Å². The minimum Gasteiger partial charge on any atom is -0.469 e. The molecule has 2 aromatic rings. The molecule has 4 rings (SSSR count). The van der Waals surface area contributed by atoms with Gasteiger partial charge in [0, 0.05) is 25.1 Å². The summed E-state index contributed by atoms with van der Waals surface area (Å²) in [5, 5.41) is 1.45. The molecule has 2 aliphatic heterocycles. The van der Waals surface area contributed by atoms with Gasteiger partial charge in [0.1, 0.15) is 18.2 Å². The van der Waals surface area contributed by atoms with Crippen molar-refractivity contribution >= 4 is 11.8 Å². The van der Waals surface area contributed by atoms with Crippen molar-refractivity contribution in [3.05, 3.63) is 59.3 Å². The van der Waals surface area contributed by atoms with Crippen LogP contribution >= 0.6 is 0 Å². The molecule has 7 heteroatoms. The van der Waals surface area contributed by atoms with E-state index in [1.54, 1.807) is 36.1 Å². The van der Waals surface area contributed by atoms with E-state index in [2.05, 4.69) is 0 Å². The van der Waals surface area contributed by atoms with E-state index in [0.717, 1.165) is 0 Å². The Bertz CT molecular complexity index is 886. The first-order valence-corrected chi connectivity index (χ1v) is 9.53. The summed E-state index contributed by atoms with van der Waals surface area (Å²) in [6.07, 6.45) is 3.89. The minimum absolute atomic E-state index is 0.0109. The molecule has 3 heterocycles. The van der Waals surface area contributed by atoms with E-state index < -0.39 is 5.54 Å². The molecular formula is C21H23FN2O4. The number of benzene rings is 1. The van der Waals surface area contributed by atoms with Gasteiger partial charge in [-0.15, -0.1) is 0 Å². The van der Waals surface area contributed by atoms with E-state index in [1.165, 1.54) is 17.4 Å². The molecule has 2 fully saturated rings. The summed E-state index contributed by atoms with van der Waals surface area (Å²) in [5.74, 6) is 0.126. The van der Waals surface area contributed by atoms with Crippen LogP contribution in [0.5, 0.6) is 0 Å². The third-order valence-corrected chi connectivity index (χ3v) is 5.84. The van der Waals surface area contributed by atoms with Crippen LogP contribution in [0.2, 0.25) is 0 Å². The molecule has 6 nitrogen and oxygen atoms in total. The van der Waals surface area contributed by atoms with Gasteiger partial charge < -0.3 is 9.32 Å². The van der Waals surface area contributed by atoms with Crippen LogP contribution in [0.4, 0.5) is 4.39 Å². The first-order chi connectivity index (χ1) is 13.5. The largest absolute Gasteiger partial charge is 0.469 e. The van der Waals surface area contributed by atoms with Crippen LogP contribution in [-0.2, 0) is 16.2 Å². The highest BCUT2D eigenvalue weighted by Crippen LogP contribution is 2.40. The first kappa shape index (κ1) is 18.7. The molecule has 0 bridgehead atoms. The van der Waals surface area contributed by atoms with Crippen molar-refractivity contribution < 1.29 is 23.2 Å². The van der Waals surface area contributed by atoms with Crippen LogP contribution in [0.25, 0.3) is 0 Å². The minimum atomic E-state index is -0.426. The van der Waals surface area contributed by atoms with Gasteiger partial charge in [0.05, 0.1) is 17.4 Å². The third-order valence-electron chi connectivity index (χ3n) is 5.84. The standard InChI is InChI=1S/C21H23FN2O4/c1-15-17(7-13-27-15)20(26)23-11-9-21(10-12-23)8-6-19(25)24(21)28-14-16-4-2-3-5-18(16)22/h2-5,7,13H,6,8-12,14H2,1H3. The summed E-state index contributed by atoms with van der Waals surface area (Å²) in [5.41, 5.74) is 0.566. The maximum absolute atomic E-state index is 13.9. The fraction of sp³-hybridized carbons (Fsp3) is 0.429. The molecule has 0 aliphatic carbocycles. The topological polar surface area (TPSA) is 63.0 Å². The summed E-state index contributed by atoms with van der Waals surface area (Å²) >= 11 is 0. The van der Waals surface area contributed by atoms with Crippen molar-refractivity contribution in [2.75, 3.05) is 13.1 Å². The highest BCUT2D eigenvalue weighted by atomic mass is 19.1. The zero-order valence-electron chi connectivity index (χ0n) is 15.8. The van der Waals surface area contributed by atoms with Gasteiger partial charge in [-0.3, -0.25) is 14.4 Å². The molecule has 0 atom stereocenters. The number of piperidine rings is 1.